The van der Waals surface area contributed by atoms with Crippen LogP contribution in [0, 0.1) is 0 Å². The summed E-state index contributed by atoms with van der Waals surface area (Å²) in [5.74, 6) is 0.195. The summed E-state index contributed by atoms with van der Waals surface area (Å²) in [6.07, 6.45) is 0. The molecule has 0 spiro atoms. The van der Waals surface area contributed by atoms with Crippen LogP contribution in [0.3, 0.4) is 0 Å². The predicted molar refractivity (Wildman–Crippen MR) is 70.9 cm³/mol. The molecule has 0 aromatic heterocycles. The fraction of sp³-hybridized carbons (Fsp3) is 0.462. The van der Waals surface area contributed by atoms with Gasteiger partial charge in [0.05, 0.1) is 12.2 Å². The molecule has 94 valence electrons. The highest BCUT2D eigenvalue weighted by Gasteiger charge is 2.41. The molecule has 1 aliphatic heterocycles. The molecule has 2 rings (SSSR count). The lowest BCUT2D eigenvalue weighted by atomic mass is 10.1. The van der Waals surface area contributed by atoms with Crippen molar-refractivity contribution in [1.82, 2.24) is 9.80 Å². The van der Waals surface area contributed by atoms with Gasteiger partial charge in [0.2, 0.25) is 5.91 Å². The quantitative estimate of drug-likeness (QED) is 0.807. The molecule has 1 heterocycles. The maximum atomic E-state index is 11.7. The van der Waals surface area contributed by atoms with Crippen molar-refractivity contribution in [2.45, 2.75) is 26.1 Å². The Morgan fingerprint density at radius 1 is 1.24 bits per heavy atom. The zero-order chi connectivity index (χ0) is 11.8. The van der Waals surface area contributed by atoms with E-state index in [-0.39, 0.29) is 24.0 Å². The molecule has 1 aliphatic rings. The Hall–Kier alpha value is -1.06. The number of carbonyl (C=O) groups is 1. The van der Waals surface area contributed by atoms with E-state index >= 15 is 0 Å². The summed E-state index contributed by atoms with van der Waals surface area (Å²) >= 11 is 0. The normalized spacial score (nSPS) is 19.2. The van der Waals surface area contributed by atoms with Crippen molar-refractivity contribution < 1.29 is 4.79 Å². The molecule has 1 saturated heterocycles. The molecule has 0 atom stereocenters. The van der Waals surface area contributed by atoms with Crippen LogP contribution in [0.4, 0.5) is 0 Å². The molecule has 4 heteroatoms. The number of hydrogen-bond donors (Lipinski definition) is 0. The van der Waals surface area contributed by atoms with Gasteiger partial charge in [0, 0.05) is 13.6 Å². The topological polar surface area (TPSA) is 23.6 Å². The average Bonchev–Trinajstić information content (AvgIpc) is 2.45. The fourth-order valence-electron chi connectivity index (χ4n) is 2.03. The number of benzene rings is 1. The summed E-state index contributed by atoms with van der Waals surface area (Å²) < 4.78 is 0. The van der Waals surface area contributed by atoms with Crippen molar-refractivity contribution in [2.75, 3.05) is 13.6 Å². The van der Waals surface area contributed by atoms with E-state index < -0.39 is 0 Å². The number of carbonyl (C=O) groups excluding carboxylic acids is 1. The molecule has 0 radical (unpaired) electrons. The minimum atomic E-state index is -0.188. The zero-order valence-corrected chi connectivity index (χ0v) is 11.3. The van der Waals surface area contributed by atoms with E-state index in [0.717, 1.165) is 6.54 Å². The van der Waals surface area contributed by atoms with Crippen LogP contribution in [0.25, 0.3) is 0 Å². The molecule has 0 aliphatic carbocycles. The lowest BCUT2D eigenvalue weighted by Gasteiger charge is -2.35. The Morgan fingerprint density at radius 3 is 2.29 bits per heavy atom. The zero-order valence-electron chi connectivity index (χ0n) is 10.5. The molecule has 17 heavy (non-hydrogen) atoms. The second kappa shape index (κ2) is 5.07. The van der Waals surface area contributed by atoms with E-state index in [9.17, 15) is 4.79 Å². The highest BCUT2D eigenvalue weighted by atomic mass is 35.5. The second-order valence-electron chi connectivity index (χ2n) is 4.79. The molecule has 1 aromatic rings. The smallest absolute Gasteiger partial charge is 0.238 e. The average molecular weight is 255 g/mol. The number of halogens is 1. The van der Waals surface area contributed by atoms with Gasteiger partial charge in [-0.05, 0) is 19.4 Å². The molecule has 0 saturated carbocycles. The Kier molecular flexibility index (Phi) is 4.17. The van der Waals surface area contributed by atoms with E-state index in [2.05, 4.69) is 30.9 Å². The van der Waals surface area contributed by atoms with E-state index in [1.54, 1.807) is 0 Å². The summed E-state index contributed by atoms with van der Waals surface area (Å²) in [5, 5.41) is 0. The maximum absolute atomic E-state index is 11.7. The van der Waals surface area contributed by atoms with Crippen LogP contribution in [0.1, 0.15) is 19.4 Å². The van der Waals surface area contributed by atoms with Crippen molar-refractivity contribution in [2.24, 2.45) is 0 Å². The first-order chi connectivity index (χ1) is 7.51. The predicted octanol–water partition coefficient (Wildman–Crippen LogP) is 2.12. The number of amides is 1. The van der Waals surface area contributed by atoms with Gasteiger partial charge in [-0.3, -0.25) is 9.69 Å². The Bertz CT molecular complexity index is 392. The Morgan fingerprint density at radius 2 is 1.82 bits per heavy atom. The molecule has 0 N–H and O–H groups in total. The van der Waals surface area contributed by atoms with Gasteiger partial charge in [-0.15, -0.1) is 12.4 Å². The number of nitrogens with zero attached hydrogens (tertiary/aromatic N) is 2. The molecule has 1 fully saturated rings. The summed E-state index contributed by atoms with van der Waals surface area (Å²) in [6, 6.07) is 10.3. The van der Waals surface area contributed by atoms with Gasteiger partial charge in [-0.2, -0.15) is 0 Å². The van der Waals surface area contributed by atoms with Gasteiger partial charge in [0.25, 0.3) is 0 Å². The summed E-state index contributed by atoms with van der Waals surface area (Å²) in [7, 11) is 1.87. The maximum Gasteiger partial charge on any atom is 0.238 e. The van der Waals surface area contributed by atoms with Crippen LogP contribution >= 0.6 is 12.4 Å². The third-order valence-electron chi connectivity index (χ3n) is 3.51. The van der Waals surface area contributed by atoms with Crippen molar-refractivity contribution in [3.8, 4) is 0 Å². The molecule has 1 aromatic carbocycles. The third-order valence-corrected chi connectivity index (χ3v) is 3.51. The third kappa shape index (κ3) is 2.61. The van der Waals surface area contributed by atoms with Gasteiger partial charge in [0.15, 0.2) is 0 Å². The summed E-state index contributed by atoms with van der Waals surface area (Å²) in [5.41, 5.74) is 1.06. The van der Waals surface area contributed by atoms with Crippen LogP contribution in [-0.4, -0.2) is 35.0 Å². The molecule has 0 unspecified atom stereocenters. The van der Waals surface area contributed by atoms with Gasteiger partial charge >= 0.3 is 0 Å². The Balaban J connectivity index is 0.00000144. The van der Waals surface area contributed by atoms with Gasteiger partial charge < -0.3 is 4.90 Å². The highest BCUT2D eigenvalue weighted by molar-refractivity contribution is 5.85. The first-order valence-corrected chi connectivity index (χ1v) is 5.57. The van der Waals surface area contributed by atoms with E-state index in [1.807, 2.05) is 30.1 Å². The lowest BCUT2D eigenvalue weighted by Crippen LogP contribution is -2.46. The van der Waals surface area contributed by atoms with E-state index in [1.165, 1.54) is 5.56 Å². The second-order valence-corrected chi connectivity index (χ2v) is 4.79. The highest BCUT2D eigenvalue weighted by Crippen LogP contribution is 2.26. The minimum absolute atomic E-state index is 0. The van der Waals surface area contributed by atoms with Crippen LogP contribution in [0.2, 0.25) is 0 Å². The minimum Gasteiger partial charge on any atom is -0.327 e. The number of hydrogen-bond acceptors (Lipinski definition) is 2. The van der Waals surface area contributed by atoms with Crippen molar-refractivity contribution >= 4 is 18.3 Å². The summed E-state index contributed by atoms with van der Waals surface area (Å²) in [4.78, 5) is 15.7. The molecular weight excluding hydrogens is 236 g/mol. The largest absolute Gasteiger partial charge is 0.327 e. The van der Waals surface area contributed by atoms with E-state index in [0.29, 0.717) is 6.54 Å². The van der Waals surface area contributed by atoms with Gasteiger partial charge in [-0.25, -0.2) is 0 Å². The standard InChI is InChI=1S/C13H18N2O.ClH/c1-13(2)14(3)12(16)10-15(13)9-11-7-5-4-6-8-11;/h4-8H,9-10H2,1-3H3;1H. The molecular formula is C13H19ClN2O. The van der Waals surface area contributed by atoms with Crippen molar-refractivity contribution in [3.05, 3.63) is 35.9 Å². The molecule has 3 nitrogen and oxygen atoms in total. The lowest BCUT2D eigenvalue weighted by molar-refractivity contribution is -0.128. The fourth-order valence-corrected chi connectivity index (χ4v) is 2.03. The monoisotopic (exact) mass is 254 g/mol. The SMILES string of the molecule is CN1C(=O)CN(Cc2ccccc2)C1(C)C.Cl. The van der Waals surface area contributed by atoms with Crippen LogP contribution in [0.5, 0.6) is 0 Å². The van der Waals surface area contributed by atoms with Crippen LogP contribution < -0.4 is 0 Å². The first-order valence-electron chi connectivity index (χ1n) is 5.57. The Labute approximate surface area is 109 Å². The van der Waals surface area contributed by atoms with E-state index in [4.69, 9.17) is 0 Å². The van der Waals surface area contributed by atoms with Crippen LogP contribution in [0.15, 0.2) is 30.3 Å². The van der Waals surface area contributed by atoms with Crippen molar-refractivity contribution in [1.29, 1.82) is 0 Å². The summed E-state index contributed by atoms with van der Waals surface area (Å²) in [6.45, 7) is 5.50. The molecule has 0 bridgehead atoms. The first kappa shape index (κ1) is 14.0. The van der Waals surface area contributed by atoms with Gasteiger partial charge in [-0.1, -0.05) is 30.3 Å². The molecule has 1 amide bonds. The number of likely N-dealkylation sites (N-methyl/N-ethyl adjacent to an activating group) is 1. The van der Waals surface area contributed by atoms with Crippen LogP contribution in [-0.2, 0) is 11.3 Å². The number of rotatable bonds is 2. The van der Waals surface area contributed by atoms with Crippen molar-refractivity contribution in [3.63, 3.8) is 0 Å². The van der Waals surface area contributed by atoms with Gasteiger partial charge in [0.1, 0.15) is 0 Å².